The Kier molecular flexibility index (Phi) is 2.78. The second-order valence-electron chi connectivity index (χ2n) is 1.73. The molecular weight excluding hydrogens is 156 g/mol. The predicted molar refractivity (Wildman–Crippen MR) is 31.2 cm³/mol. The zero-order chi connectivity index (χ0) is 6.53. The number of benzene rings is 1. The Bertz CT molecular complexity index is 162. The van der Waals surface area contributed by atoms with E-state index >= 15 is 0 Å². The van der Waals surface area contributed by atoms with Crippen molar-refractivity contribution in [3.63, 3.8) is 0 Å². The van der Waals surface area contributed by atoms with Gasteiger partial charge in [0.25, 0.3) is 0 Å². The van der Waals surface area contributed by atoms with Crippen LogP contribution < -0.4 is 0 Å². The molecule has 2 heteroatoms. The summed E-state index contributed by atoms with van der Waals surface area (Å²) in [6, 6.07) is 9.95. The van der Waals surface area contributed by atoms with Gasteiger partial charge in [-0.1, -0.05) is 0 Å². The van der Waals surface area contributed by atoms with Crippen LogP contribution in [0, 0.1) is 0 Å². The Morgan fingerprint density at radius 3 is 2.44 bits per heavy atom. The average molecular weight is 163 g/mol. The van der Waals surface area contributed by atoms with E-state index in [0.717, 1.165) is 5.56 Å². The molecule has 0 unspecified atom stereocenters. The molecule has 0 aromatic heterocycles. The van der Waals surface area contributed by atoms with Gasteiger partial charge < -0.3 is 0 Å². The van der Waals surface area contributed by atoms with Crippen molar-refractivity contribution in [2.24, 2.45) is 0 Å². The van der Waals surface area contributed by atoms with Crippen LogP contribution in [0.2, 0.25) is 0 Å². The predicted octanol–water partition coefficient (Wildman–Crippen LogP) is 1.67. The fourth-order valence-corrected chi connectivity index (χ4v) is 0.817. The van der Waals surface area contributed by atoms with Gasteiger partial charge in [-0.2, -0.15) is 0 Å². The molecule has 0 saturated carbocycles. The van der Waals surface area contributed by atoms with Gasteiger partial charge in [0.2, 0.25) is 0 Å². The summed E-state index contributed by atoms with van der Waals surface area (Å²) in [5, 5.41) is 0. The first-order chi connectivity index (χ1) is 4.43. The zero-order valence-corrected chi connectivity index (χ0v) is 5.96. The molecule has 0 bridgehead atoms. The van der Waals surface area contributed by atoms with Crippen molar-refractivity contribution in [3.05, 3.63) is 35.9 Å². The maximum absolute atomic E-state index is 4.68. The van der Waals surface area contributed by atoms with E-state index in [1.165, 1.54) is 0 Å². The molecule has 0 aliphatic carbocycles. The molecule has 1 nitrogen and oxygen atoms in total. The minimum absolute atomic E-state index is 0.598. The first-order valence-corrected chi connectivity index (χ1v) is 3.15. The van der Waals surface area contributed by atoms with Gasteiger partial charge in [-0.3, -0.25) is 0 Å². The molecule has 0 amide bonds. The van der Waals surface area contributed by atoms with Crippen molar-refractivity contribution in [1.29, 1.82) is 0 Å². The summed E-state index contributed by atoms with van der Waals surface area (Å²) in [5.41, 5.74) is 1.16. The zero-order valence-electron chi connectivity index (χ0n) is 4.86. The fourth-order valence-electron chi connectivity index (χ4n) is 0.633. The average Bonchev–Trinajstić information content (AvgIpc) is 1.91. The van der Waals surface area contributed by atoms with Crippen molar-refractivity contribution in [1.82, 2.24) is 0 Å². The van der Waals surface area contributed by atoms with Gasteiger partial charge >= 0.3 is 62.7 Å². The van der Waals surface area contributed by atoms with Crippen molar-refractivity contribution < 1.29 is 20.2 Å². The molecule has 49 valence electrons. The third-order valence-corrected chi connectivity index (χ3v) is 1.22. The van der Waals surface area contributed by atoms with Crippen LogP contribution in [0.3, 0.4) is 0 Å². The van der Waals surface area contributed by atoms with E-state index in [0.29, 0.717) is 6.61 Å². The van der Waals surface area contributed by atoms with Crippen LogP contribution in [0.5, 0.6) is 0 Å². The van der Waals surface area contributed by atoms with Gasteiger partial charge in [-0.05, 0) is 0 Å². The molecule has 0 saturated heterocycles. The van der Waals surface area contributed by atoms with Gasteiger partial charge in [0.1, 0.15) is 0 Å². The molecule has 1 rings (SSSR count). The first kappa shape index (κ1) is 6.81. The van der Waals surface area contributed by atoms with Gasteiger partial charge in [0.15, 0.2) is 0 Å². The standard InChI is InChI=1S/C7H7O.Fe/c8-6-7-4-2-1-3-5-7;/h1-5H,6H2;/q-1;+1. The van der Waals surface area contributed by atoms with Crippen LogP contribution in [-0.4, -0.2) is 0 Å². The van der Waals surface area contributed by atoms with Gasteiger partial charge in [-0.15, -0.1) is 0 Å². The fraction of sp³-hybridized carbons (Fsp3) is 0.143. The van der Waals surface area contributed by atoms with Crippen molar-refractivity contribution in [2.45, 2.75) is 6.61 Å². The van der Waals surface area contributed by atoms with E-state index < -0.39 is 0 Å². The van der Waals surface area contributed by atoms with E-state index in [1.807, 2.05) is 30.3 Å². The third-order valence-electron chi connectivity index (χ3n) is 1.06. The molecule has 1 aromatic carbocycles. The Morgan fingerprint density at radius 2 is 1.89 bits per heavy atom. The molecule has 0 N–H and O–H groups in total. The van der Waals surface area contributed by atoms with E-state index in [9.17, 15) is 0 Å². The van der Waals surface area contributed by atoms with Gasteiger partial charge in [-0.25, -0.2) is 0 Å². The topological polar surface area (TPSA) is 9.23 Å². The van der Waals surface area contributed by atoms with Crippen LogP contribution in [0.25, 0.3) is 0 Å². The number of hydrogen-bond acceptors (Lipinski definition) is 1. The summed E-state index contributed by atoms with van der Waals surface area (Å²) in [6.45, 7) is 0.598. The van der Waals surface area contributed by atoms with Gasteiger partial charge in [0.05, 0.1) is 0 Å². The Hall–Kier alpha value is -0.301. The first-order valence-electron chi connectivity index (χ1n) is 2.70. The summed E-state index contributed by atoms with van der Waals surface area (Å²) >= 11 is 3.28. The van der Waals surface area contributed by atoms with E-state index in [-0.39, 0.29) is 0 Å². The molecular formula is C7H7FeO. The molecule has 0 aliphatic rings. The molecule has 0 radical (unpaired) electrons. The van der Waals surface area contributed by atoms with Crippen molar-refractivity contribution >= 4 is 0 Å². The second-order valence-corrected chi connectivity index (χ2v) is 2.05. The Balaban J connectivity index is 2.61. The Morgan fingerprint density at radius 1 is 1.22 bits per heavy atom. The quantitative estimate of drug-likeness (QED) is 0.602. The van der Waals surface area contributed by atoms with Crippen LogP contribution in [0.15, 0.2) is 30.3 Å². The van der Waals surface area contributed by atoms with Crippen LogP contribution in [0.1, 0.15) is 5.56 Å². The van der Waals surface area contributed by atoms with Crippen LogP contribution in [-0.2, 0) is 26.8 Å². The van der Waals surface area contributed by atoms with Gasteiger partial charge in [0, 0.05) is 0 Å². The number of rotatable bonds is 2. The van der Waals surface area contributed by atoms with Crippen LogP contribution >= 0.6 is 0 Å². The summed E-state index contributed by atoms with van der Waals surface area (Å²) in [4.78, 5) is 0. The monoisotopic (exact) mass is 163 g/mol. The van der Waals surface area contributed by atoms with E-state index in [2.05, 4.69) is 20.2 Å². The van der Waals surface area contributed by atoms with E-state index in [1.54, 1.807) is 0 Å². The molecule has 9 heavy (non-hydrogen) atoms. The summed E-state index contributed by atoms with van der Waals surface area (Å²) < 4.78 is 4.68. The maximum atomic E-state index is 4.68. The molecule has 0 aliphatic heterocycles. The molecule has 1 aromatic rings. The second kappa shape index (κ2) is 3.67. The number of hydrogen-bond donors (Lipinski definition) is 0. The van der Waals surface area contributed by atoms with Crippen molar-refractivity contribution in [3.8, 4) is 0 Å². The minimum atomic E-state index is 0.598. The molecule has 0 spiro atoms. The third kappa shape index (κ3) is 2.18. The summed E-state index contributed by atoms with van der Waals surface area (Å²) in [6.07, 6.45) is 0. The van der Waals surface area contributed by atoms with E-state index in [4.69, 9.17) is 0 Å². The Labute approximate surface area is 63.2 Å². The summed E-state index contributed by atoms with van der Waals surface area (Å²) in [5.74, 6) is 0. The SMILES string of the molecule is [Fe][O]Cc1ccccc1. The molecule has 0 fully saturated rings. The van der Waals surface area contributed by atoms with Crippen LogP contribution in [0.4, 0.5) is 0 Å². The summed E-state index contributed by atoms with van der Waals surface area (Å²) in [7, 11) is 0. The van der Waals surface area contributed by atoms with Crippen molar-refractivity contribution in [2.75, 3.05) is 0 Å². The normalized spacial score (nSPS) is 9.44. The molecule has 0 atom stereocenters. The molecule has 0 heterocycles.